The number of rotatable bonds is 23. The molecule has 2 aliphatic rings. The molecule has 0 radical (unpaired) electrons. The van der Waals surface area contributed by atoms with E-state index in [1.54, 1.807) is 0 Å². The molecule has 1 aliphatic heterocycles. The monoisotopic (exact) mass is 573 g/mol. The predicted octanol–water partition coefficient (Wildman–Crippen LogP) is 10.2. The number of unbranched alkanes of at least 4 members (excludes halogenated alkanes) is 13. The second-order valence-electron chi connectivity index (χ2n) is 13.0. The van der Waals surface area contributed by atoms with Crippen LogP contribution in [0.2, 0.25) is 0 Å². The van der Waals surface area contributed by atoms with Crippen molar-refractivity contribution in [1.29, 1.82) is 0 Å². The molecule has 0 N–H and O–H groups in total. The zero-order chi connectivity index (χ0) is 28.9. The first-order valence-corrected chi connectivity index (χ1v) is 17.8. The minimum absolute atomic E-state index is 0.493. The first kappa shape index (κ1) is 32.9. The molecule has 0 aromatic carbocycles. The van der Waals surface area contributed by atoms with E-state index in [1.165, 1.54) is 152 Å². The molecule has 1 saturated heterocycles. The summed E-state index contributed by atoms with van der Waals surface area (Å²) in [4.78, 5) is 15.0. The van der Waals surface area contributed by atoms with E-state index in [0.29, 0.717) is 12.1 Å². The Bertz CT molecular complexity index is 949. The Kier molecular flexibility index (Phi) is 16.3. The van der Waals surface area contributed by atoms with Gasteiger partial charge in [0.25, 0.3) is 0 Å². The van der Waals surface area contributed by atoms with Crippen molar-refractivity contribution in [2.75, 3.05) is 6.54 Å². The summed E-state index contributed by atoms with van der Waals surface area (Å²) in [6.45, 7) is 1.14. The normalized spacial score (nSPS) is 20.5. The second-order valence-corrected chi connectivity index (χ2v) is 13.0. The molecular formula is C38H59N3O. The van der Waals surface area contributed by atoms with E-state index < -0.39 is 0 Å². The van der Waals surface area contributed by atoms with E-state index in [9.17, 15) is 0 Å². The van der Waals surface area contributed by atoms with Gasteiger partial charge in [0, 0.05) is 43.3 Å². The average molecular weight is 574 g/mol. The van der Waals surface area contributed by atoms with Gasteiger partial charge in [-0.15, -0.1) is 0 Å². The maximum Gasteiger partial charge on any atom is 0.0837 e. The Hall–Kier alpha value is -2.04. The molecule has 0 amide bonds. The summed E-state index contributed by atoms with van der Waals surface area (Å²) in [5.74, 6) is 0.800. The van der Waals surface area contributed by atoms with Gasteiger partial charge < -0.3 is 0 Å². The minimum Gasteiger partial charge on any atom is -0.295 e. The maximum atomic E-state index is 6.56. The van der Waals surface area contributed by atoms with Gasteiger partial charge in [0.1, 0.15) is 0 Å². The van der Waals surface area contributed by atoms with E-state index >= 15 is 0 Å². The summed E-state index contributed by atoms with van der Waals surface area (Å²) < 4.78 is 0. The summed E-state index contributed by atoms with van der Waals surface area (Å²) in [5, 5.41) is 2.42. The molecule has 0 spiro atoms. The number of hydrogen-bond acceptors (Lipinski definition) is 4. The van der Waals surface area contributed by atoms with Crippen molar-refractivity contribution in [1.82, 2.24) is 15.0 Å². The molecule has 1 saturated carbocycles. The molecule has 2 aromatic rings. The first-order chi connectivity index (χ1) is 20.9. The molecule has 3 heterocycles. The van der Waals surface area contributed by atoms with Gasteiger partial charge in [-0.2, -0.15) is 5.06 Å². The van der Waals surface area contributed by atoms with Crippen LogP contribution >= 0.6 is 0 Å². The highest BCUT2D eigenvalue weighted by atomic mass is 16.7. The van der Waals surface area contributed by atoms with Crippen LogP contribution in [0.3, 0.4) is 0 Å². The number of pyridine rings is 2. The van der Waals surface area contributed by atoms with Gasteiger partial charge >= 0.3 is 0 Å². The quantitative estimate of drug-likeness (QED) is 0.0979. The van der Waals surface area contributed by atoms with Gasteiger partial charge in [-0.1, -0.05) is 88.5 Å². The molecule has 232 valence electrons. The number of aryl methyl sites for hydroxylation is 2. The number of hydrogen-bond donors (Lipinski definition) is 0. The molecular weight excluding hydrogens is 514 g/mol. The molecule has 0 unspecified atom stereocenters. The number of aromatic nitrogens is 2. The minimum atomic E-state index is 0.493. The van der Waals surface area contributed by atoms with Gasteiger partial charge in [-0.3, -0.25) is 14.8 Å². The lowest BCUT2D eigenvalue weighted by atomic mass is 9.93. The van der Waals surface area contributed by atoms with Crippen molar-refractivity contribution in [2.24, 2.45) is 5.92 Å². The van der Waals surface area contributed by atoms with Crippen LogP contribution in [0.5, 0.6) is 0 Å². The van der Waals surface area contributed by atoms with E-state index in [1.807, 2.05) is 36.9 Å². The molecule has 2 aromatic heterocycles. The topological polar surface area (TPSA) is 38.2 Å². The average Bonchev–Trinajstić information content (AvgIpc) is 3.64. The van der Waals surface area contributed by atoms with Crippen LogP contribution in [0, 0.1) is 5.92 Å². The molecule has 1 aliphatic carbocycles. The fraction of sp³-hybridized carbons (Fsp3) is 0.684. The van der Waals surface area contributed by atoms with Gasteiger partial charge in [0.05, 0.1) is 6.10 Å². The first-order valence-electron chi connectivity index (χ1n) is 17.8. The van der Waals surface area contributed by atoms with Crippen LogP contribution in [-0.4, -0.2) is 33.7 Å². The molecule has 2 fully saturated rings. The number of nitrogens with zero attached hydrogens (tertiary/aromatic N) is 3. The smallest absolute Gasteiger partial charge is 0.0837 e. The van der Waals surface area contributed by atoms with Crippen LogP contribution < -0.4 is 0 Å². The third kappa shape index (κ3) is 12.7. The third-order valence-electron chi connectivity index (χ3n) is 9.55. The molecule has 0 bridgehead atoms. The van der Waals surface area contributed by atoms with Crippen LogP contribution in [0.25, 0.3) is 0 Å². The molecule has 3 atom stereocenters. The molecule has 4 nitrogen and oxygen atoms in total. The zero-order valence-electron chi connectivity index (χ0n) is 26.5. The van der Waals surface area contributed by atoms with E-state index in [-0.39, 0.29) is 0 Å². The van der Waals surface area contributed by atoms with Crippen LogP contribution in [0.4, 0.5) is 0 Å². The van der Waals surface area contributed by atoms with Crippen LogP contribution in [0.1, 0.15) is 140 Å². The van der Waals surface area contributed by atoms with Crippen molar-refractivity contribution in [3.05, 3.63) is 72.3 Å². The van der Waals surface area contributed by atoms with Crippen molar-refractivity contribution in [2.45, 2.75) is 153 Å². The highest BCUT2D eigenvalue weighted by Crippen LogP contribution is 2.41. The lowest BCUT2D eigenvalue weighted by Crippen LogP contribution is -2.29. The highest BCUT2D eigenvalue weighted by molar-refractivity contribution is 5.08. The fourth-order valence-electron chi connectivity index (χ4n) is 7.11. The Morgan fingerprint density at radius 3 is 1.86 bits per heavy atom. The Balaban J connectivity index is 0.937. The Morgan fingerprint density at radius 2 is 1.24 bits per heavy atom. The zero-order valence-corrected chi connectivity index (χ0v) is 26.5. The molecule has 42 heavy (non-hydrogen) atoms. The standard InChI is InChI=1S/C38H59N3O/c1(3-5-7-11-15-22-34-24-20-29-39-32-34)2-4-6-10-14-18-31-41-37-27-19-26-36(37)38(42-41)28-17-13-9-8-12-16-23-35-25-21-30-40-33-35/h2,4,20-21,24-25,29-30,32-33,36-38H,1,3,5-19,22-23,26-28,31H2/b4-2-/t36-,37+,38-/m1/s1. The highest BCUT2D eigenvalue weighted by Gasteiger charge is 2.44. The summed E-state index contributed by atoms with van der Waals surface area (Å²) in [7, 11) is 0. The van der Waals surface area contributed by atoms with Crippen molar-refractivity contribution >= 4 is 0 Å². The molecule has 4 rings (SSSR count). The van der Waals surface area contributed by atoms with Gasteiger partial charge in [0.15, 0.2) is 0 Å². The number of hydroxylamine groups is 2. The lowest BCUT2D eigenvalue weighted by molar-refractivity contribution is -0.167. The third-order valence-corrected chi connectivity index (χ3v) is 9.55. The largest absolute Gasteiger partial charge is 0.295 e. The SMILES string of the molecule is C(=C/CCCCCN1O[C@H](CCCCCCCCc2cccnc2)[C@@H]2CCC[C@@H]21)/CCCCCCCc1cccnc1. The van der Waals surface area contributed by atoms with E-state index in [2.05, 4.69) is 39.3 Å². The Morgan fingerprint density at radius 1 is 0.667 bits per heavy atom. The van der Waals surface area contributed by atoms with Crippen molar-refractivity contribution in [3.63, 3.8) is 0 Å². The van der Waals surface area contributed by atoms with Gasteiger partial charge in [-0.05, 0) is 100 Å². The summed E-state index contributed by atoms with van der Waals surface area (Å²) >= 11 is 0. The summed E-state index contributed by atoms with van der Waals surface area (Å²) in [6, 6.07) is 9.19. The molecule has 4 heteroatoms. The van der Waals surface area contributed by atoms with Crippen molar-refractivity contribution in [3.8, 4) is 0 Å². The van der Waals surface area contributed by atoms with E-state index in [0.717, 1.165) is 12.5 Å². The maximum absolute atomic E-state index is 6.56. The predicted molar refractivity (Wildman–Crippen MR) is 176 cm³/mol. The van der Waals surface area contributed by atoms with Crippen LogP contribution in [-0.2, 0) is 17.7 Å². The van der Waals surface area contributed by atoms with Crippen molar-refractivity contribution < 1.29 is 4.84 Å². The van der Waals surface area contributed by atoms with E-state index in [4.69, 9.17) is 4.84 Å². The summed E-state index contributed by atoms with van der Waals surface area (Å²) in [5.41, 5.74) is 2.75. The number of allylic oxidation sites excluding steroid dienone is 2. The van der Waals surface area contributed by atoms with Gasteiger partial charge in [0.2, 0.25) is 0 Å². The van der Waals surface area contributed by atoms with Crippen LogP contribution in [0.15, 0.2) is 61.2 Å². The lowest BCUT2D eigenvalue weighted by Gasteiger charge is -2.21. The Labute approximate surface area is 257 Å². The second kappa shape index (κ2) is 20.8. The fourth-order valence-corrected chi connectivity index (χ4v) is 7.11. The summed E-state index contributed by atoms with van der Waals surface area (Å²) in [6.07, 6.45) is 42.0. The van der Waals surface area contributed by atoms with Gasteiger partial charge in [-0.25, -0.2) is 0 Å². The number of fused-ring (bicyclic) bond motifs is 1.